The van der Waals surface area contributed by atoms with Crippen molar-refractivity contribution in [3.8, 4) is 0 Å². The summed E-state index contributed by atoms with van der Waals surface area (Å²) >= 11 is 0. The van der Waals surface area contributed by atoms with E-state index >= 15 is 0 Å². The van der Waals surface area contributed by atoms with Crippen molar-refractivity contribution >= 4 is 5.95 Å². The molecule has 2 aromatic heterocycles. The maximum atomic E-state index is 6.01. The summed E-state index contributed by atoms with van der Waals surface area (Å²) in [5.41, 5.74) is 4.46. The minimum absolute atomic E-state index is 0.0569. The monoisotopic (exact) mass is 409 g/mol. The summed E-state index contributed by atoms with van der Waals surface area (Å²) in [6.07, 6.45) is 3.41. The quantitative estimate of drug-likeness (QED) is 0.772. The van der Waals surface area contributed by atoms with Crippen LogP contribution in [0.4, 0.5) is 5.95 Å². The highest BCUT2D eigenvalue weighted by Gasteiger charge is 2.45. The average molecular weight is 410 g/mol. The third kappa shape index (κ3) is 3.82. The summed E-state index contributed by atoms with van der Waals surface area (Å²) < 4.78 is 11.9. The Labute approximate surface area is 178 Å². The van der Waals surface area contributed by atoms with Gasteiger partial charge in [-0.3, -0.25) is 9.88 Å². The van der Waals surface area contributed by atoms with Gasteiger partial charge in [0.25, 0.3) is 0 Å². The van der Waals surface area contributed by atoms with E-state index in [9.17, 15) is 0 Å². The molecule has 3 atom stereocenters. The zero-order valence-corrected chi connectivity index (χ0v) is 18.2. The van der Waals surface area contributed by atoms with Gasteiger partial charge in [0.2, 0.25) is 5.95 Å². The standard InChI is InChI=1S/C23H31N5O2/c1-16-5-4-6-20(25-16)12-27-8-7-23(14-27)15-29-13-19-9-24-22(26-21(19)23)28-10-17(2)30-18(3)11-28/h4-6,9,17-18H,7-8,10-15H2,1-3H3. The molecule has 0 bridgehead atoms. The van der Waals surface area contributed by atoms with Gasteiger partial charge >= 0.3 is 0 Å². The van der Waals surface area contributed by atoms with E-state index in [4.69, 9.17) is 19.4 Å². The molecule has 0 aromatic carbocycles. The zero-order chi connectivity index (χ0) is 20.7. The maximum Gasteiger partial charge on any atom is 0.225 e. The van der Waals surface area contributed by atoms with E-state index in [1.807, 2.05) is 19.2 Å². The number of nitrogens with zero attached hydrogens (tertiary/aromatic N) is 5. The predicted molar refractivity (Wildman–Crippen MR) is 114 cm³/mol. The van der Waals surface area contributed by atoms with Gasteiger partial charge in [-0.15, -0.1) is 0 Å². The van der Waals surface area contributed by atoms with Crippen molar-refractivity contribution in [2.75, 3.05) is 37.7 Å². The molecule has 7 nitrogen and oxygen atoms in total. The number of anilines is 1. The lowest BCUT2D eigenvalue weighted by atomic mass is 9.80. The second-order valence-electron chi connectivity index (χ2n) is 9.21. The van der Waals surface area contributed by atoms with Gasteiger partial charge in [-0.1, -0.05) is 6.07 Å². The lowest BCUT2D eigenvalue weighted by molar-refractivity contribution is -0.00584. The summed E-state index contributed by atoms with van der Waals surface area (Å²) in [7, 11) is 0. The first kappa shape index (κ1) is 19.8. The summed E-state index contributed by atoms with van der Waals surface area (Å²) in [6, 6.07) is 6.25. The van der Waals surface area contributed by atoms with Gasteiger partial charge < -0.3 is 14.4 Å². The molecule has 7 heteroatoms. The lowest BCUT2D eigenvalue weighted by Crippen LogP contribution is -2.47. The van der Waals surface area contributed by atoms with Gasteiger partial charge in [-0.2, -0.15) is 0 Å². The van der Waals surface area contributed by atoms with Crippen LogP contribution in [0.25, 0.3) is 0 Å². The number of aromatic nitrogens is 3. The molecule has 5 heterocycles. The van der Waals surface area contributed by atoms with E-state index in [2.05, 4.69) is 40.8 Å². The highest BCUT2D eigenvalue weighted by atomic mass is 16.5. The van der Waals surface area contributed by atoms with Crippen LogP contribution in [0.2, 0.25) is 0 Å². The first-order valence-electron chi connectivity index (χ1n) is 11.0. The van der Waals surface area contributed by atoms with Crippen molar-refractivity contribution in [2.45, 2.75) is 58.0 Å². The Morgan fingerprint density at radius 1 is 1.17 bits per heavy atom. The van der Waals surface area contributed by atoms with Gasteiger partial charge in [0, 0.05) is 43.6 Å². The fourth-order valence-corrected chi connectivity index (χ4v) is 5.20. The van der Waals surface area contributed by atoms with Crippen LogP contribution < -0.4 is 4.90 Å². The SMILES string of the molecule is Cc1cccc(CN2CCC3(COCc4cnc(N5CC(C)OC(C)C5)nc43)C2)n1. The molecule has 0 amide bonds. The molecule has 2 saturated heterocycles. The van der Waals surface area contributed by atoms with E-state index in [0.29, 0.717) is 6.61 Å². The van der Waals surface area contributed by atoms with Gasteiger partial charge in [0.1, 0.15) is 0 Å². The van der Waals surface area contributed by atoms with Crippen LogP contribution in [0.1, 0.15) is 42.9 Å². The number of morpholine rings is 1. The fourth-order valence-electron chi connectivity index (χ4n) is 5.20. The Bertz CT molecular complexity index is 912. The number of aryl methyl sites for hydroxylation is 1. The van der Waals surface area contributed by atoms with Crippen LogP contribution in [0.15, 0.2) is 24.4 Å². The number of likely N-dealkylation sites (tertiary alicyclic amines) is 1. The number of hydrogen-bond donors (Lipinski definition) is 0. The lowest BCUT2D eigenvalue weighted by Gasteiger charge is -2.38. The number of ether oxygens (including phenoxy) is 2. The van der Waals surface area contributed by atoms with Crippen LogP contribution in [0, 0.1) is 6.92 Å². The molecule has 3 aliphatic rings. The van der Waals surface area contributed by atoms with E-state index in [0.717, 1.165) is 68.7 Å². The molecule has 3 unspecified atom stereocenters. The maximum absolute atomic E-state index is 6.01. The number of rotatable bonds is 3. The first-order valence-corrected chi connectivity index (χ1v) is 11.0. The Morgan fingerprint density at radius 3 is 2.80 bits per heavy atom. The summed E-state index contributed by atoms with van der Waals surface area (Å²) in [5, 5.41) is 0. The van der Waals surface area contributed by atoms with Gasteiger partial charge in [0.05, 0.1) is 42.2 Å². The number of pyridine rings is 1. The number of fused-ring (bicyclic) bond motifs is 2. The van der Waals surface area contributed by atoms with Gasteiger partial charge in [0.15, 0.2) is 0 Å². The minimum Gasteiger partial charge on any atom is -0.376 e. The molecule has 0 aliphatic carbocycles. The van der Waals surface area contributed by atoms with Crippen molar-refractivity contribution in [1.82, 2.24) is 19.9 Å². The van der Waals surface area contributed by atoms with Crippen molar-refractivity contribution in [3.05, 3.63) is 47.0 Å². The highest BCUT2D eigenvalue weighted by molar-refractivity contribution is 5.39. The van der Waals surface area contributed by atoms with E-state index in [1.165, 1.54) is 5.69 Å². The van der Waals surface area contributed by atoms with Crippen LogP contribution in [0.5, 0.6) is 0 Å². The molecule has 2 fully saturated rings. The predicted octanol–water partition coefficient (Wildman–Crippen LogP) is 2.47. The van der Waals surface area contributed by atoms with Crippen molar-refractivity contribution in [3.63, 3.8) is 0 Å². The number of hydrogen-bond acceptors (Lipinski definition) is 7. The zero-order valence-electron chi connectivity index (χ0n) is 18.2. The third-order valence-corrected chi connectivity index (χ3v) is 6.46. The van der Waals surface area contributed by atoms with Crippen molar-refractivity contribution in [2.24, 2.45) is 0 Å². The largest absolute Gasteiger partial charge is 0.376 e. The molecule has 2 aromatic rings. The van der Waals surface area contributed by atoms with E-state index < -0.39 is 0 Å². The van der Waals surface area contributed by atoms with Crippen LogP contribution in [-0.4, -0.2) is 64.8 Å². The molecule has 3 aliphatic heterocycles. The van der Waals surface area contributed by atoms with Gasteiger partial charge in [-0.05, 0) is 45.9 Å². The van der Waals surface area contributed by atoms with Crippen LogP contribution in [0.3, 0.4) is 0 Å². The Hall–Kier alpha value is -2.09. The highest BCUT2D eigenvalue weighted by Crippen LogP contribution is 2.40. The van der Waals surface area contributed by atoms with Crippen LogP contribution in [-0.2, 0) is 28.0 Å². The Kier molecular flexibility index (Phi) is 5.21. The fraction of sp³-hybridized carbons (Fsp3) is 0.609. The van der Waals surface area contributed by atoms with E-state index in [1.54, 1.807) is 0 Å². The van der Waals surface area contributed by atoms with E-state index in [-0.39, 0.29) is 17.6 Å². The summed E-state index contributed by atoms with van der Waals surface area (Å²) in [4.78, 5) is 19.3. The van der Waals surface area contributed by atoms with Crippen molar-refractivity contribution in [1.29, 1.82) is 0 Å². The Morgan fingerprint density at radius 2 is 2.00 bits per heavy atom. The molecule has 0 radical (unpaired) electrons. The normalized spacial score (nSPS) is 29.4. The topological polar surface area (TPSA) is 63.6 Å². The van der Waals surface area contributed by atoms with Gasteiger partial charge in [-0.25, -0.2) is 9.97 Å². The molecule has 30 heavy (non-hydrogen) atoms. The molecule has 5 rings (SSSR count). The second-order valence-corrected chi connectivity index (χ2v) is 9.21. The summed E-state index contributed by atoms with van der Waals surface area (Å²) in [6.45, 7) is 12.1. The summed E-state index contributed by atoms with van der Waals surface area (Å²) in [5.74, 6) is 0.829. The third-order valence-electron chi connectivity index (χ3n) is 6.46. The second kappa shape index (κ2) is 7.87. The molecule has 160 valence electrons. The molecular weight excluding hydrogens is 378 g/mol. The molecular formula is C23H31N5O2. The molecule has 1 spiro atoms. The molecule has 0 N–H and O–H groups in total. The minimum atomic E-state index is -0.0569. The first-order chi connectivity index (χ1) is 14.5. The average Bonchev–Trinajstić information content (AvgIpc) is 3.10. The smallest absolute Gasteiger partial charge is 0.225 e. The molecule has 0 saturated carbocycles. The Balaban J connectivity index is 1.39. The van der Waals surface area contributed by atoms with Crippen LogP contribution >= 0.6 is 0 Å². The van der Waals surface area contributed by atoms with Crippen molar-refractivity contribution < 1.29 is 9.47 Å².